The third-order valence-electron chi connectivity index (χ3n) is 5.98. The smallest absolute Gasteiger partial charge is 0.294 e. The summed E-state index contributed by atoms with van der Waals surface area (Å²) < 4.78 is 11.2. The van der Waals surface area contributed by atoms with Crippen molar-refractivity contribution in [2.24, 2.45) is 0 Å². The maximum atomic E-state index is 13.8. The van der Waals surface area contributed by atoms with Gasteiger partial charge in [-0.15, -0.1) is 11.3 Å². The zero-order valence-electron chi connectivity index (χ0n) is 20.6. The van der Waals surface area contributed by atoms with Gasteiger partial charge in [-0.2, -0.15) is 0 Å². The van der Waals surface area contributed by atoms with Crippen LogP contribution in [0.3, 0.4) is 0 Å². The van der Waals surface area contributed by atoms with Crippen LogP contribution in [0.15, 0.2) is 47.7 Å². The molecule has 1 unspecified atom stereocenters. The van der Waals surface area contributed by atoms with Crippen LogP contribution < -0.4 is 14.4 Å². The molecular weight excluding hydrogens is 464 g/mol. The minimum atomic E-state index is -0.858. The summed E-state index contributed by atoms with van der Waals surface area (Å²) in [6, 6.07) is 10.1. The number of methoxy groups -OCH3 is 1. The van der Waals surface area contributed by atoms with Crippen molar-refractivity contribution in [1.82, 2.24) is 4.98 Å². The molecular formula is C27H28N2O5S. The van der Waals surface area contributed by atoms with Crippen LogP contribution in [0.25, 0.3) is 0 Å². The van der Waals surface area contributed by atoms with Gasteiger partial charge in [0.2, 0.25) is 5.78 Å². The van der Waals surface area contributed by atoms with Gasteiger partial charge in [0.1, 0.15) is 0 Å². The lowest BCUT2D eigenvalue weighted by molar-refractivity contribution is -0.117. The number of aliphatic hydroxyl groups excluding tert-OH is 1. The van der Waals surface area contributed by atoms with E-state index in [2.05, 4.69) is 4.98 Å². The first-order valence-corrected chi connectivity index (χ1v) is 12.1. The summed E-state index contributed by atoms with van der Waals surface area (Å²) in [6.45, 7) is 9.72. The Balaban J connectivity index is 1.94. The van der Waals surface area contributed by atoms with Crippen molar-refractivity contribution in [2.75, 3.05) is 18.6 Å². The molecule has 1 aliphatic rings. The standard InChI is InChI=1S/C27H28N2O5S/c1-7-34-21-13-18(9-11-20(21)33-6)23-22(24(30)26-16(4)28-17(5)35-26)25(31)27(32)29(23)19-10-8-14(2)12-15(19)3/h8-13,23,31H,7H2,1-6H3. The molecule has 1 aliphatic heterocycles. The second-order valence-electron chi connectivity index (χ2n) is 8.45. The van der Waals surface area contributed by atoms with Crippen LogP contribution in [0, 0.1) is 27.7 Å². The number of anilines is 1. The van der Waals surface area contributed by atoms with Crippen LogP contribution >= 0.6 is 11.3 Å². The first-order chi connectivity index (χ1) is 16.7. The van der Waals surface area contributed by atoms with Gasteiger partial charge in [-0.05, 0) is 63.9 Å². The van der Waals surface area contributed by atoms with Crippen LogP contribution in [0.1, 0.15) is 50.0 Å². The quantitative estimate of drug-likeness (QED) is 0.434. The normalized spacial score (nSPS) is 15.7. The van der Waals surface area contributed by atoms with E-state index in [-0.39, 0.29) is 5.57 Å². The first-order valence-electron chi connectivity index (χ1n) is 11.3. The van der Waals surface area contributed by atoms with Gasteiger partial charge in [0.25, 0.3) is 5.91 Å². The Bertz CT molecular complexity index is 1360. The van der Waals surface area contributed by atoms with Crippen molar-refractivity contribution in [1.29, 1.82) is 0 Å². The highest BCUT2D eigenvalue weighted by Gasteiger charge is 2.46. The highest BCUT2D eigenvalue weighted by Crippen LogP contribution is 2.45. The number of aliphatic hydroxyl groups is 1. The number of aryl methyl sites for hydroxylation is 4. The number of ketones is 1. The summed E-state index contributed by atoms with van der Waals surface area (Å²) in [7, 11) is 1.55. The molecule has 0 fully saturated rings. The predicted molar refractivity (Wildman–Crippen MR) is 136 cm³/mol. The van der Waals surface area contributed by atoms with Gasteiger partial charge < -0.3 is 14.6 Å². The fourth-order valence-electron chi connectivity index (χ4n) is 4.47. The largest absolute Gasteiger partial charge is 0.503 e. The number of Topliss-reactive ketones (excluding diaryl/α,β-unsaturated/α-hetero) is 1. The highest BCUT2D eigenvalue weighted by molar-refractivity contribution is 7.14. The Morgan fingerprint density at radius 1 is 1.11 bits per heavy atom. The van der Waals surface area contributed by atoms with Crippen molar-refractivity contribution in [3.05, 3.63) is 80.0 Å². The number of nitrogens with zero attached hydrogens (tertiary/aromatic N) is 2. The van der Waals surface area contributed by atoms with Gasteiger partial charge >= 0.3 is 0 Å². The molecule has 2 aromatic carbocycles. The van der Waals surface area contributed by atoms with Crippen LogP contribution in [-0.4, -0.2) is 35.5 Å². The maximum absolute atomic E-state index is 13.8. The van der Waals surface area contributed by atoms with Crippen molar-refractivity contribution in [2.45, 2.75) is 40.7 Å². The Kier molecular flexibility index (Phi) is 6.67. The number of hydrogen-bond donors (Lipinski definition) is 1. The van der Waals surface area contributed by atoms with Crippen molar-refractivity contribution < 1.29 is 24.2 Å². The van der Waals surface area contributed by atoms with Crippen LogP contribution in [-0.2, 0) is 4.79 Å². The summed E-state index contributed by atoms with van der Waals surface area (Å²) in [6.07, 6.45) is 0. The van der Waals surface area contributed by atoms with E-state index in [4.69, 9.17) is 9.47 Å². The molecule has 8 heteroatoms. The van der Waals surface area contributed by atoms with Crippen molar-refractivity contribution in [3.8, 4) is 11.5 Å². The Morgan fingerprint density at radius 3 is 2.46 bits per heavy atom. The van der Waals surface area contributed by atoms with E-state index in [0.29, 0.717) is 39.9 Å². The number of carbonyl (C=O) groups excluding carboxylic acids is 2. The molecule has 2 heterocycles. The van der Waals surface area contributed by atoms with E-state index in [0.717, 1.165) is 16.1 Å². The number of amides is 1. The van der Waals surface area contributed by atoms with Crippen molar-refractivity contribution in [3.63, 3.8) is 0 Å². The monoisotopic (exact) mass is 492 g/mol. The van der Waals surface area contributed by atoms with E-state index < -0.39 is 23.5 Å². The second-order valence-corrected chi connectivity index (χ2v) is 9.65. The van der Waals surface area contributed by atoms with Gasteiger partial charge in [-0.3, -0.25) is 14.5 Å². The molecule has 35 heavy (non-hydrogen) atoms. The zero-order chi connectivity index (χ0) is 25.4. The molecule has 0 radical (unpaired) electrons. The minimum absolute atomic E-state index is 0.0225. The molecule has 3 aromatic rings. The minimum Gasteiger partial charge on any atom is -0.503 e. The molecule has 4 rings (SSSR count). The van der Waals surface area contributed by atoms with Crippen LogP contribution in [0.4, 0.5) is 5.69 Å². The number of aromatic nitrogens is 1. The topological polar surface area (TPSA) is 89.0 Å². The summed E-state index contributed by atoms with van der Waals surface area (Å²) in [5, 5.41) is 11.8. The molecule has 7 nitrogen and oxygen atoms in total. The molecule has 0 spiro atoms. The van der Waals surface area contributed by atoms with Crippen molar-refractivity contribution >= 4 is 28.7 Å². The average Bonchev–Trinajstić information content (AvgIpc) is 3.29. The lowest BCUT2D eigenvalue weighted by Gasteiger charge is -2.29. The Hall–Kier alpha value is -3.65. The molecule has 182 valence electrons. The Morgan fingerprint density at radius 2 is 1.86 bits per heavy atom. The van der Waals surface area contributed by atoms with Crippen LogP contribution in [0.2, 0.25) is 0 Å². The Labute approximate surface area is 208 Å². The third kappa shape index (κ3) is 4.30. The summed E-state index contributed by atoms with van der Waals surface area (Å²) in [5.41, 5.74) is 3.72. The van der Waals surface area contributed by atoms with E-state index in [9.17, 15) is 14.7 Å². The van der Waals surface area contributed by atoms with E-state index in [1.165, 1.54) is 16.2 Å². The summed E-state index contributed by atoms with van der Waals surface area (Å²) >= 11 is 1.25. The fourth-order valence-corrected chi connectivity index (χ4v) is 5.35. The maximum Gasteiger partial charge on any atom is 0.294 e. The van der Waals surface area contributed by atoms with E-state index in [1.807, 2.05) is 45.9 Å². The number of thiazole rings is 1. The lowest BCUT2D eigenvalue weighted by atomic mass is 9.94. The number of ether oxygens (including phenoxy) is 2. The predicted octanol–water partition coefficient (Wildman–Crippen LogP) is 5.57. The molecule has 1 atom stereocenters. The average molecular weight is 493 g/mol. The first kappa shape index (κ1) is 24.5. The van der Waals surface area contributed by atoms with E-state index >= 15 is 0 Å². The van der Waals surface area contributed by atoms with Gasteiger partial charge in [0, 0.05) is 5.69 Å². The number of carbonyl (C=O) groups is 2. The van der Waals surface area contributed by atoms with Crippen LogP contribution in [0.5, 0.6) is 11.5 Å². The molecule has 0 saturated heterocycles. The lowest BCUT2D eigenvalue weighted by Crippen LogP contribution is -2.31. The number of benzene rings is 2. The summed E-state index contributed by atoms with van der Waals surface area (Å²) in [5.74, 6) is -0.571. The summed E-state index contributed by atoms with van der Waals surface area (Å²) in [4.78, 5) is 33.5. The molecule has 0 saturated carbocycles. The van der Waals surface area contributed by atoms with Gasteiger partial charge in [-0.1, -0.05) is 23.8 Å². The molecule has 0 aliphatic carbocycles. The van der Waals surface area contributed by atoms with Gasteiger partial charge in [0.15, 0.2) is 17.3 Å². The molecule has 1 aromatic heterocycles. The zero-order valence-corrected chi connectivity index (χ0v) is 21.4. The van der Waals surface area contributed by atoms with E-state index in [1.54, 1.807) is 32.2 Å². The molecule has 1 amide bonds. The highest BCUT2D eigenvalue weighted by atomic mass is 32.1. The second kappa shape index (κ2) is 9.54. The molecule has 0 bridgehead atoms. The number of rotatable bonds is 7. The van der Waals surface area contributed by atoms with Gasteiger partial charge in [0.05, 0.1) is 40.9 Å². The SMILES string of the molecule is CCOc1cc(C2C(C(=O)c3sc(C)nc3C)=C(O)C(=O)N2c2ccc(C)cc2C)ccc1OC. The number of hydrogen-bond acceptors (Lipinski definition) is 7. The molecule has 1 N–H and O–H groups in total. The fraction of sp³-hybridized carbons (Fsp3) is 0.296. The third-order valence-corrected chi connectivity index (χ3v) is 7.05. The van der Waals surface area contributed by atoms with Gasteiger partial charge in [-0.25, -0.2) is 4.98 Å².